The van der Waals surface area contributed by atoms with Gasteiger partial charge in [0.2, 0.25) is 0 Å². The first-order valence-electron chi connectivity index (χ1n) is 11.2. The Balaban J connectivity index is 1.47. The Morgan fingerprint density at radius 3 is 2.50 bits per heavy atom. The molecular formula is C27H23ClINO5S. The van der Waals surface area contributed by atoms with E-state index in [4.69, 9.17) is 25.8 Å². The van der Waals surface area contributed by atoms with Crippen LogP contribution in [0.15, 0.2) is 71.6 Å². The summed E-state index contributed by atoms with van der Waals surface area (Å²) in [5.74, 6) is 1.50. The van der Waals surface area contributed by atoms with Gasteiger partial charge in [0.05, 0.1) is 21.6 Å². The van der Waals surface area contributed by atoms with Gasteiger partial charge in [0.1, 0.15) is 19.0 Å². The number of carbonyl (C=O) groups excluding carboxylic acids is 2. The molecule has 3 aromatic carbocycles. The number of thioether (sulfide) groups is 1. The lowest BCUT2D eigenvalue weighted by molar-refractivity contribution is -0.123. The van der Waals surface area contributed by atoms with E-state index in [2.05, 4.69) is 22.6 Å². The first kappa shape index (κ1) is 26.4. The van der Waals surface area contributed by atoms with Crippen LogP contribution in [0.3, 0.4) is 0 Å². The zero-order valence-corrected chi connectivity index (χ0v) is 23.1. The second kappa shape index (κ2) is 12.5. The van der Waals surface area contributed by atoms with Gasteiger partial charge in [0.25, 0.3) is 11.1 Å². The number of carbonyl (C=O) groups is 2. The molecule has 186 valence electrons. The fraction of sp³-hybridized carbons (Fsp3) is 0.185. The average molecular weight is 636 g/mol. The van der Waals surface area contributed by atoms with Crippen molar-refractivity contribution in [3.05, 3.63) is 91.4 Å². The molecular weight excluding hydrogens is 613 g/mol. The summed E-state index contributed by atoms with van der Waals surface area (Å²) in [6.07, 6.45) is 1.70. The lowest BCUT2D eigenvalue weighted by Crippen LogP contribution is -2.32. The van der Waals surface area contributed by atoms with Crippen LogP contribution in [-0.4, -0.2) is 35.8 Å². The standard InChI is InChI=1S/C27H23ClINO5S/c1-2-33-23-15-18(14-22(29)25(23)35-17-19-8-6-7-11-21(19)28)16-24-26(31)30(27(32)36-24)12-13-34-20-9-4-3-5-10-20/h3-11,14-16H,2,12-13,17H2,1H3/b24-16-. The number of benzene rings is 3. The molecule has 2 amide bonds. The predicted molar refractivity (Wildman–Crippen MR) is 151 cm³/mol. The van der Waals surface area contributed by atoms with E-state index in [0.717, 1.165) is 26.5 Å². The number of amides is 2. The Labute approximate surface area is 232 Å². The van der Waals surface area contributed by atoms with Crippen molar-refractivity contribution in [2.75, 3.05) is 19.8 Å². The predicted octanol–water partition coefficient (Wildman–Crippen LogP) is 7.04. The molecule has 1 saturated heterocycles. The zero-order valence-electron chi connectivity index (χ0n) is 19.4. The SMILES string of the molecule is CCOc1cc(/C=C2\SC(=O)N(CCOc3ccccc3)C2=O)cc(I)c1OCc1ccccc1Cl. The van der Waals surface area contributed by atoms with Crippen LogP contribution in [0.2, 0.25) is 5.02 Å². The van der Waals surface area contributed by atoms with E-state index in [-0.39, 0.29) is 24.3 Å². The van der Waals surface area contributed by atoms with Crippen molar-refractivity contribution in [3.63, 3.8) is 0 Å². The monoisotopic (exact) mass is 635 g/mol. The second-order valence-corrected chi connectivity index (χ2v) is 10.2. The van der Waals surface area contributed by atoms with Gasteiger partial charge in [-0.1, -0.05) is 48.0 Å². The normalized spacial score (nSPS) is 14.4. The van der Waals surface area contributed by atoms with E-state index in [9.17, 15) is 9.59 Å². The van der Waals surface area contributed by atoms with Crippen molar-refractivity contribution in [2.24, 2.45) is 0 Å². The van der Waals surface area contributed by atoms with Gasteiger partial charge in [-0.25, -0.2) is 0 Å². The van der Waals surface area contributed by atoms with Gasteiger partial charge in [-0.15, -0.1) is 0 Å². The number of rotatable bonds is 10. The largest absolute Gasteiger partial charge is 0.492 e. The smallest absolute Gasteiger partial charge is 0.293 e. The number of imide groups is 1. The summed E-state index contributed by atoms with van der Waals surface area (Å²) in [5, 5.41) is 0.314. The van der Waals surface area contributed by atoms with E-state index < -0.39 is 0 Å². The fourth-order valence-electron chi connectivity index (χ4n) is 3.46. The number of nitrogens with zero attached hydrogens (tertiary/aromatic N) is 1. The van der Waals surface area contributed by atoms with Gasteiger partial charge in [0.15, 0.2) is 11.5 Å². The topological polar surface area (TPSA) is 65.1 Å². The van der Waals surface area contributed by atoms with Crippen molar-refractivity contribution >= 4 is 63.2 Å². The van der Waals surface area contributed by atoms with Gasteiger partial charge in [-0.2, -0.15) is 0 Å². The minimum absolute atomic E-state index is 0.174. The van der Waals surface area contributed by atoms with Crippen molar-refractivity contribution < 1.29 is 23.8 Å². The highest BCUT2D eigenvalue weighted by atomic mass is 127. The first-order chi connectivity index (χ1) is 17.5. The van der Waals surface area contributed by atoms with Crippen molar-refractivity contribution in [1.29, 1.82) is 0 Å². The van der Waals surface area contributed by atoms with Crippen molar-refractivity contribution in [1.82, 2.24) is 4.90 Å². The summed E-state index contributed by atoms with van der Waals surface area (Å²) in [6.45, 7) is 3.02. The maximum atomic E-state index is 12.9. The van der Waals surface area contributed by atoms with E-state index in [1.807, 2.05) is 67.6 Å². The van der Waals surface area contributed by atoms with E-state index in [1.54, 1.807) is 12.1 Å². The van der Waals surface area contributed by atoms with Crippen LogP contribution in [0.5, 0.6) is 17.2 Å². The Morgan fingerprint density at radius 1 is 1.00 bits per heavy atom. The maximum absolute atomic E-state index is 12.9. The van der Waals surface area contributed by atoms with E-state index >= 15 is 0 Å². The first-order valence-corrected chi connectivity index (χ1v) is 13.5. The summed E-state index contributed by atoms with van der Waals surface area (Å²) >= 11 is 9.35. The molecule has 3 aromatic rings. The molecule has 4 rings (SSSR count). The molecule has 9 heteroatoms. The molecule has 0 atom stereocenters. The molecule has 0 spiro atoms. The van der Waals surface area contributed by atoms with Crippen LogP contribution >= 0.6 is 46.0 Å². The fourth-order valence-corrected chi connectivity index (χ4v) is 5.29. The number of ether oxygens (including phenoxy) is 3. The van der Waals surface area contributed by atoms with Crippen LogP contribution in [-0.2, 0) is 11.4 Å². The lowest BCUT2D eigenvalue weighted by atomic mass is 10.1. The summed E-state index contributed by atoms with van der Waals surface area (Å²) in [5.41, 5.74) is 1.60. The van der Waals surface area contributed by atoms with Crippen LogP contribution < -0.4 is 14.2 Å². The number of para-hydroxylation sites is 1. The highest BCUT2D eigenvalue weighted by Gasteiger charge is 2.35. The van der Waals surface area contributed by atoms with Gasteiger partial charge < -0.3 is 14.2 Å². The molecule has 1 fully saturated rings. The zero-order chi connectivity index (χ0) is 25.5. The van der Waals surface area contributed by atoms with Crippen molar-refractivity contribution in [3.8, 4) is 17.2 Å². The Morgan fingerprint density at radius 2 is 1.75 bits per heavy atom. The quantitative estimate of drug-likeness (QED) is 0.176. The molecule has 0 aromatic heterocycles. The third-order valence-corrected chi connectivity index (χ3v) is 7.24. The molecule has 1 heterocycles. The molecule has 0 bridgehead atoms. The third kappa shape index (κ3) is 6.54. The number of hydrogen-bond donors (Lipinski definition) is 0. The van der Waals surface area contributed by atoms with Gasteiger partial charge >= 0.3 is 0 Å². The summed E-state index contributed by atoms with van der Waals surface area (Å²) < 4.78 is 18.3. The van der Waals surface area contributed by atoms with Crippen LogP contribution in [0.1, 0.15) is 18.1 Å². The molecule has 0 aliphatic carbocycles. The van der Waals surface area contributed by atoms with Gasteiger partial charge in [-0.3, -0.25) is 14.5 Å². The molecule has 0 saturated carbocycles. The molecule has 6 nitrogen and oxygen atoms in total. The van der Waals surface area contributed by atoms with E-state index in [0.29, 0.717) is 40.4 Å². The number of halogens is 2. The molecule has 0 unspecified atom stereocenters. The lowest BCUT2D eigenvalue weighted by Gasteiger charge is -2.15. The minimum atomic E-state index is -0.339. The second-order valence-electron chi connectivity index (χ2n) is 7.64. The molecule has 1 aliphatic rings. The molecule has 36 heavy (non-hydrogen) atoms. The third-order valence-electron chi connectivity index (χ3n) is 5.16. The maximum Gasteiger partial charge on any atom is 0.293 e. The Kier molecular flexibility index (Phi) is 9.17. The van der Waals surface area contributed by atoms with Crippen molar-refractivity contribution in [2.45, 2.75) is 13.5 Å². The summed E-state index contributed by atoms with van der Waals surface area (Å²) in [4.78, 5) is 26.9. The van der Waals surface area contributed by atoms with Crippen LogP contribution in [0.25, 0.3) is 6.08 Å². The highest BCUT2D eigenvalue weighted by molar-refractivity contribution is 14.1. The molecule has 0 N–H and O–H groups in total. The van der Waals surface area contributed by atoms with Gasteiger partial charge in [-0.05, 0) is 83.2 Å². The Hall–Kier alpha value is -2.69. The molecule has 0 radical (unpaired) electrons. The average Bonchev–Trinajstić information content (AvgIpc) is 3.12. The summed E-state index contributed by atoms with van der Waals surface area (Å²) in [6, 6.07) is 20.5. The molecule has 1 aliphatic heterocycles. The minimum Gasteiger partial charge on any atom is -0.492 e. The van der Waals surface area contributed by atoms with E-state index in [1.165, 1.54) is 4.90 Å². The number of hydrogen-bond acceptors (Lipinski definition) is 6. The van der Waals surface area contributed by atoms with Gasteiger partial charge in [0, 0.05) is 10.6 Å². The van der Waals surface area contributed by atoms with Crippen LogP contribution in [0, 0.1) is 3.57 Å². The summed E-state index contributed by atoms with van der Waals surface area (Å²) in [7, 11) is 0. The van der Waals surface area contributed by atoms with Crippen LogP contribution in [0.4, 0.5) is 4.79 Å². The highest BCUT2D eigenvalue weighted by Crippen LogP contribution is 2.38. The Bertz CT molecular complexity index is 1280.